The van der Waals surface area contributed by atoms with Crippen molar-refractivity contribution in [2.45, 2.75) is 43.2 Å². The Kier molecular flexibility index (Phi) is 5.26. The van der Waals surface area contributed by atoms with Crippen LogP contribution in [0.3, 0.4) is 0 Å². The van der Waals surface area contributed by atoms with Gasteiger partial charge >= 0.3 is 6.03 Å². The number of benzene rings is 1. The summed E-state index contributed by atoms with van der Waals surface area (Å²) >= 11 is 0. The minimum atomic E-state index is 0.00782. The van der Waals surface area contributed by atoms with Crippen molar-refractivity contribution in [3.8, 4) is 0 Å². The number of carbonyl (C=O) groups is 1. The first-order valence-electron chi connectivity index (χ1n) is 11.3. The van der Waals surface area contributed by atoms with E-state index in [9.17, 15) is 4.79 Å². The largest absolute Gasteiger partial charge is 0.379 e. The zero-order valence-electron chi connectivity index (χ0n) is 17.5. The van der Waals surface area contributed by atoms with Crippen molar-refractivity contribution < 1.29 is 9.53 Å². The average Bonchev–Trinajstić information content (AvgIpc) is 3.47. The summed E-state index contributed by atoms with van der Waals surface area (Å²) in [5, 5.41) is 6.56. The highest BCUT2D eigenvalue weighted by atomic mass is 16.5. The molecule has 3 unspecified atom stereocenters. The van der Waals surface area contributed by atoms with Crippen molar-refractivity contribution in [2.75, 3.05) is 53.0 Å². The SMILES string of the molecule is CN1CCC(CNC(=O)NC2C3CCc4ccccc4C32)(N2CCOCC2)CC1. The first-order valence-corrected chi connectivity index (χ1v) is 11.3. The molecule has 0 aromatic heterocycles. The van der Waals surface area contributed by atoms with Gasteiger partial charge < -0.3 is 20.3 Å². The molecule has 2 aliphatic heterocycles. The summed E-state index contributed by atoms with van der Waals surface area (Å²) in [4.78, 5) is 17.8. The summed E-state index contributed by atoms with van der Waals surface area (Å²) in [5.41, 5.74) is 2.99. The second-order valence-electron chi connectivity index (χ2n) is 9.41. The molecule has 29 heavy (non-hydrogen) atoms. The summed E-state index contributed by atoms with van der Waals surface area (Å²) < 4.78 is 5.57. The van der Waals surface area contributed by atoms with Crippen LogP contribution in [0.2, 0.25) is 0 Å². The number of hydrogen-bond acceptors (Lipinski definition) is 4. The van der Waals surface area contributed by atoms with Crippen molar-refractivity contribution in [2.24, 2.45) is 5.92 Å². The number of ether oxygens (including phenoxy) is 1. The second-order valence-corrected chi connectivity index (χ2v) is 9.41. The molecule has 1 aromatic carbocycles. The highest BCUT2D eigenvalue weighted by Crippen LogP contribution is 2.54. The molecule has 2 N–H and O–H groups in total. The normalized spacial score (nSPS) is 31.4. The lowest BCUT2D eigenvalue weighted by atomic mass is 9.85. The van der Waals surface area contributed by atoms with Gasteiger partial charge in [-0.15, -0.1) is 0 Å². The van der Waals surface area contributed by atoms with Gasteiger partial charge in [0.1, 0.15) is 0 Å². The minimum absolute atomic E-state index is 0.00782. The van der Waals surface area contributed by atoms with E-state index < -0.39 is 0 Å². The van der Waals surface area contributed by atoms with Crippen molar-refractivity contribution in [1.29, 1.82) is 0 Å². The fourth-order valence-corrected chi connectivity index (χ4v) is 5.89. The Balaban J connectivity index is 1.19. The van der Waals surface area contributed by atoms with E-state index >= 15 is 0 Å². The summed E-state index contributed by atoms with van der Waals surface area (Å²) in [6.45, 7) is 6.44. The van der Waals surface area contributed by atoms with Gasteiger partial charge in [-0.25, -0.2) is 4.79 Å². The predicted octanol–water partition coefficient (Wildman–Crippen LogP) is 1.81. The molecule has 4 aliphatic rings. The maximum atomic E-state index is 12.8. The van der Waals surface area contributed by atoms with Crippen LogP contribution in [0.1, 0.15) is 36.3 Å². The van der Waals surface area contributed by atoms with E-state index in [0.29, 0.717) is 17.9 Å². The topological polar surface area (TPSA) is 56.8 Å². The van der Waals surface area contributed by atoms with Crippen LogP contribution in [-0.2, 0) is 11.2 Å². The number of hydrogen-bond donors (Lipinski definition) is 2. The molecule has 5 rings (SSSR count). The zero-order valence-corrected chi connectivity index (χ0v) is 17.5. The molecule has 3 fully saturated rings. The molecule has 3 atom stereocenters. The van der Waals surface area contributed by atoms with Gasteiger partial charge in [0.15, 0.2) is 0 Å². The fraction of sp³-hybridized carbons (Fsp3) is 0.696. The quantitative estimate of drug-likeness (QED) is 0.812. The van der Waals surface area contributed by atoms with Gasteiger partial charge in [0.2, 0.25) is 0 Å². The van der Waals surface area contributed by atoms with Gasteiger partial charge in [-0.1, -0.05) is 24.3 Å². The minimum Gasteiger partial charge on any atom is -0.379 e. The Morgan fingerprint density at radius 1 is 1.17 bits per heavy atom. The number of morpholine rings is 1. The summed E-state index contributed by atoms with van der Waals surface area (Å²) in [5.74, 6) is 1.13. The number of fused-ring (bicyclic) bond motifs is 3. The lowest BCUT2D eigenvalue weighted by molar-refractivity contribution is -0.0435. The monoisotopic (exact) mass is 398 g/mol. The first kappa shape index (κ1) is 19.3. The van der Waals surface area contributed by atoms with Gasteiger partial charge in [0.25, 0.3) is 0 Å². The number of likely N-dealkylation sites (tertiary alicyclic amines) is 1. The highest BCUT2D eigenvalue weighted by Gasteiger charge is 2.54. The maximum Gasteiger partial charge on any atom is 0.315 e. The van der Waals surface area contributed by atoms with Crippen molar-refractivity contribution in [1.82, 2.24) is 20.4 Å². The van der Waals surface area contributed by atoms with E-state index in [1.54, 1.807) is 0 Å². The molecule has 2 amide bonds. The van der Waals surface area contributed by atoms with Crippen LogP contribution in [0.5, 0.6) is 0 Å². The van der Waals surface area contributed by atoms with E-state index in [-0.39, 0.29) is 11.6 Å². The Labute approximate surface area is 174 Å². The molecule has 0 radical (unpaired) electrons. The van der Waals surface area contributed by atoms with Crippen LogP contribution in [0.25, 0.3) is 0 Å². The third-order valence-corrected chi connectivity index (χ3v) is 7.81. The van der Waals surface area contributed by atoms with Crippen molar-refractivity contribution in [3.63, 3.8) is 0 Å². The summed E-state index contributed by atoms with van der Waals surface area (Å²) in [7, 11) is 2.19. The molecule has 0 bridgehead atoms. The molecule has 2 saturated heterocycles. The third-order valence-electron chi connectivity index (χ3n) is 7.81. The van der Waals surface area contributed by atoms with Crippen LogP contribution >= 0.6 is 0 Å². The van der Waals surface area contributed by atoms with Crippen LogP contribution in [-0.4, -0.2) is 80.4 Å². The molecule has 0 spiro atoms. The van der Waals surface area contributed by atoms with E-state index in [1.165, 1.54) is 17.5 Å². The Bertz CT molecular complexity index is 740. The van der Waals surface area contributed by atoms with Crippen molar-refractivity contribution >= 4 is 6.03 Å². The van der Waals surface area contributed by atoms with E-state index in [1.807, 2.05) is 0 Å². The Morgan fingerprint density at radius 3 is 2.72 bits per heavy atom. The first-order chi connectivity index (χ1) is 14.2. The number of rotatable bonds is 4. The van der Waals surface area contributed by atoms with E-state index in [0.717, 1.165) is 65.2 Å². The van der Waals surface area contributed by atoms with E-state index in [2.05, 4.69) is 51.7 Å². The van der Waals surface area contributed by atoms with Crippen LogP contribution in [0.15, 0.2) is 24.3 Å². The fourth-order valence-electron chi connectivity index (χ4n) is 5.89. The molecule has 6 heteroatoms. The number of urea groups is 1. The predicted molar refractivity (Wildman–Crippen MR) is 113 cm³/mol. The number of nitrogens with zero attached hydrogens (tertiary/aromatic N) is 2. The van der Waals surface area contributed by atoms with Gasteiger partial charge in [0.05, 0.1) is 13.2 Å². The maximum absolute atomic E-state index is 12.8. The molecule has 6 nitrogen and oxygen atoms in total. The van der Waals surface area contributed by atoms with Gasteiger partial charge in [-0.3, -0.25) is 4.90 Å². The number of amides is 2. The standard InChI is InChI=1S/C23H34N4O2/c1-26-10-8-23(9-11-26,27-12-14-29-15-13-27)16-24-22(28)25-21-19-7-6-17-4-2-3-5-18(17)20(19)21/h2-5,19-21H,6-16H2,1H3,(H2,24,25,28). The van der Waals surface area contributed by atoms with Crippen LogP contribution in [0, 0.1) is 5.92 Å². The molecule has 1 aromatic rings. The number of piperidine rings is 1. The van der Waals surface area contributed by atoms with Gasteiger partial charge in [-0.05, 0) is 62.9 Å². The lowest BCUT2D eigenvalue weighted by Crippen LogP contribution is -2.63. The lowest BCUT2D eigenvalue weighted by Gasteiger charge is -2.49. The molecular weight excluding hydrogens is 364 g/mol. The van der Waals surface area contributed by atoms with Gasteiger partial charge in [-0.2, -0.15) is 0 Å². The summed E-state index contributed by atoms with van der Waals surface area (Å²) in [6, 6.07) is 9.06. The number of nitrogens with one attached hydrogen (secondary N) is 2. The third kappa shape index (κ3) is 3.78. The Morgan fingerprint density at radius 2 is 1.93 bits per heavy atom. The van der Waals surface area contributed by atoms with Crippen LogP contribution in [0.4, 0.5) is 4.79 Å². The average molecular weight is 399 g/mol. The molecule has 2 aliphatic carbocycles. The molecule has 2 heterocycles. The summed E-state index contributed by atoms with van der Waals surface area (Å²) in [6.07, 6.45) is 4.54. The highest BCUT2D eigenvalue weighted by molar-refractivity contribution is 5.75. The number of carbonyl (C=O) groups excluding carboxylic acids is 1. The molecule has 158 valence electrons. The number of aryl methyl sites for hydroxylation is 1. The molecular formula is C23H34N4O2. The van der Waals surface area contributed by atoms with E-state index in [4.69, 9.17) is 4.74 Å². The zero-order chi connectivity index (χ0) is 19.8. The Hall–Kier alpha value is -1.63. The van der Waals surface area contributed by atoms with Crippen molar-refractivity contribution in [3.05, 3.63) is 35.4 Å². The van der Waals surface area contributed by atoms with Crippen LogP contribution < -0.4 is 10.6 Å². The molecule has 1 saturated carbocycles. The second kappa shape index (κ2) is 7.89. The smallest absolute Gasteiger partial charge is 0.315 e. The van der Waals surface area contributed by atoms with Gasteiger partial charge in [0, 0.05) is 37.1 Å².